The highest BCUT2D eigenvalue weighted by molar-refractivity contribution is 6.04. The van der Waals surface area contributed by atoms with Crippen LogP contribution in [0.25, 0.3) is 0 Å². The summed E-state index contributed by atoms with van der Waals surface area (Å²) in [6.07, 6.45) is 2.83. The zero-order chi connectivity index (χ0) is 19.1. The Bertz CT molecular complexity index is 902. The van der Waals surface area contributed by atoms with Gasteiger partial charge < -0.3 is 20.8 Å². The lowest BCUT2D eigenvalue weighted by atomic mass is 10.2. The van der Waals surface area contributed by atoms with Gasteiger partial charge in [0.15, 0.2) is 5.69 Å². The van der Waals surface area contributed by atoms with Crippen LogP contribution >= 0.6 is 0 Å². The van der Waals surface area contributed by atoms with Crippen molar-refractivity contribution in [3.8, 4) is 0 Å². The molecule has 8 heteroatoms. The van der Waals surface area contributed by atoms with Gasteiger partial charge in [0.05, 0.1) is 6.26 Å². The number of furan rings is 1. The molecule has 2 amide bonds. The van der Waals surface area contributed by atoms with Crippen molar-refractivity contribution in [3.05, 3.63) is 71.4 Å². The Kier molecular flexibility index (Phi) is 6.01. The normalized spacial score (nSPS) is 10.6. The van der Waals surface area contributed by atoms with Gasteiger partial charge in [-0.3, -0.25) is 14.7 Å². The molecule has 0 aliphatic rings. The molecule has 27 heavy (non-hydrogen) atoms. The number of benzene rings is 1. The van der Waals surface area contributed by atoms with Crippen molar-refractivity contribution in [3.63, 3.8) is 0 Å². The van der Waals surface area contributed by atoms with Crippen LogP contribution in [0.2, 0.25) is 0 Å². The molecule has 0 saturated heterocycles. The summed E-state index contributed by atoms with van der Waals surface area (Å²) in [6, 6.07) is 12.0. The maximum absolute atomic E-state index is 12.4. The summed E-state index contributed by atoms with van der Waals surface area (Å²) < 4.78 is 5.28. The molecule has 2 aromatic heterocycles. The lowest BCUT2D eigenvalue weighted by Crippen LogP contribution is -2.26. The predicted octanol–water partition coefficient (Wildman–Crippen LogP) is 1.92. The van der Waals surface area contributed by atoms with E-state index in [2.05, 4.69) is 20.8 Å². The zero-order valence-electron chi connectivity index (χ0n) is 14.7. The van der Waals surface area contributed by atoms with Gasteiger partial charge in [-0.1, -0.05) is 6.07 Å². The van der Waals surface area contributed by atoms with Crippen LogP contribution in [-0.2, 0) is 6.42 Å². The van der Waals surface area contributed by atoms with E-state index in [1.54, 1.807) is 42.7 Å². The van der Waals surface area contributed by atoms with Crippen molar-refractivity contribution < 1.29 is 14.0 Å². The van der Waals surface area contributed by atoms with Crippen molar-refractivity contribution in [1.29, 1.82) is 0 Å². The Hall–Kier alpha value is -3.39. The van der Waals surface area contributed by atoms with E-state index in [0.29, 0.717) is 37.2 Å². The number of nitrogens with two attached hydrogens (primary N) is 1. The van der Waals surface area contributed by atoms with E-state index in [-0.39, 0.29) is 17.5 Å². The van der Waals surface area contributed by atoms with Gasteiger partial charge in [0.2, 0.25) is 0 Å². The van der Waals surface area contributed by atoms with Crippen LogP contribution in [0.3, 0.4) is 0 Å². The molecule has 0 radical (unpaired) electrons. The van der Waals surface area contributed by atoms with E-state index < -0.39 is 0 Å². The minimum atomic E-state index is -0.363. The van der Waals surface area contributed by atoms with Crippen molar-refractivity contribution in [2.75, 3.05) is 18.4 Å². The van der Waals surface area contributed by atoms with Crippen LogP contribution < -0.4 is 16.4 Å². The molecule has 8 nitrogen and oxygen atoms in total. The first-order valence-electron chi connectivity index (χ1n) is 8.62. The largest absolute Gasteiger partial charge is 0.469 e. The van der Waals surface area contributed by atoms with Crippen LogP contribution in [0.1, 0.15) is 38.7 Å². The van der Waals surface area contributed by atoms with Crippen molar-refractivity contribution >= 4 is 17.5 Å². The fourth-order valence-electron chi connectivity index (χ4n) is 2.51. The number of anilines is 1. The quantitative estimate of drug-likeness (QED) is 0.453. The highest BCUT2D eigenvalue weighted by atomic mass is 16.3. The topological polar surface area (TPSA) is 126 Å². The third-order valence-electron chi connectivity index (χ3n) is 3.86. The number of carbonyl (C=O) groups is 2. The third kappa shape index (κ3) is 5.05. The van der Waals surface area contributed by atoms with E-state index in [4.69, 9.17) is 10.2 Å². The number of nitrogens with zero attached hydrogens (tertiary/aromatic N) is 1. The van der Waals surface area contributed by atoms with Gasteiger partial charge in [0, 0.05) is 29.9 Å². The predicted molar refractivity (Wildman–Crippen MR) is 101 cm³/mol. The third-order valence-corrected chi connectivity index (χ3v) is 3.86. The summed E-state index contributed by atoms with van der Waals surface area (Å²) >= 11 is 0. The molecule has 0 saturated carbocycles. The molecule has 5 N–H and O–H groups in total. The lowest BCUT2D eigenvalue weighted by Gasteiger charge is -2.07. The fraction of sp³-hybridized carbons (Fsp3) is 0.211. The minimum Gasteiger partial charge on any atom is -0.469 e. The second kappa shape index (κ2) is 8.81. The Morgan fingerprint density at radius 1 is 1.15 bits per heavy atom. The molecule has 0 bridgehead atoms. The number of amides is 2. The minimum absolute atomic E-state index is 0.208. The van der Waals surface area contributed by atoms with Gasteiger partial charge in [-0.15, -0.1) is 0 Å². The Morgan fingerprint density at radius 2 is 2.04 bits per heavy atom. The van der Waals surface area contributed by atoms with Gasteiger partial charge in [-0.05, 0) is 49.4 Å². The first kappa shape index (κ1) is 18.4. The number of hydrogen-bond acceptors (Lipinski definition) is 5. The molecule has 3 rings (SSSR count). The van der Waals surface area contributed by atoms with Crippen molar-refractivity contribution in [1.82, 2.24) is 15.5 Å². The van der Waals surface area contributed by atoms with E-state index in [1.165, 1.54) is 0 Å². The second-order valence-electron chi connectivity index (χ2n) is 5.97. The van der Waals surface area contributed by atoms with Gasteiger partial charge in [0.25, 0.3) is 11.8 Å². The van der Waals surface area contributed by atoms with Crippen molar-refractivity contribution in [2.24, 2.45) is 5.73 Å². The second-order valence-corrected chi connectivity index (χ2v) is 5.97. The standard InChI is InChI=1S/C19H21N5O3/c20-7-3-8-21-18(25)13-4-1-5-14(10-13)22-19(26)17-12-15(23-24-17)11-16-6-2-9-27-16/h1-2,4-6,9-10,12H,3,7-8,11,20H2,(H,21,25)(H,22,26)(H,23,24). The molecule has 0 aliphatic carbocycles. The van der Waals surface area contributed by atoms with E-state index >= 15 is 0 Å². The average molecular weight is 367 g/mol. The summed E-state index contributed by atoms with van der Waals surface area (Å²) in [5.41, 5.74) is 7.42. The van der Waals surface area contributed by atoms with Crippen LogP contribution in [0, 0.1) is 0 Å². The monoisotopic (exact) mass is 367 g/mol. The molecule has 1 aromatic carbocycles. The molecule has 2 heterocycles. The van der Waals surface area contributed by atoms with E-state index in [9.17, 15) is 9.59 Å². The average Bonchev–Trinajstić information content (AvgIpc) is 3.34. The number of aromatic amines is 1. The van der Waals surface area contributed by atoms with Crippen LogP contribution in [0.5, 0.6) is 0 Å². The summed E-state index contributed by atoms with van der Waals surface area (Å²) in [5.74, 6) is 0.205. The summed E-state index contributed by atoms with van der Waals surface area (Å²) in [5, 5.41) is 12.4. The summed E-state index contributed by atoms with van der Waals surface area (Å²) in [4.78, 5) is 24.5. The lowest BCUT2D eigenvalue weighted by molar-refractivity contribution is 0.0952. The van der Waals surface area contributed by atoms with Gasteiger partial charge >= 0.3 is 0 Å². The number of carbonyl (C=O) groups excluding carboxylic acids is 2. The Morgan fingerprint density at radius 3 is 2.81 bits per heavy atom. The van der Waals surface area contributed by atoms with Crippen LogP contribution in [-0.4, -0.2) is 35.1 Å². The molecule has 0 unspecified atom stereocenters. The van der Waals surface area contributed by atoms with Crippen LogP contribution in [0.4, 0.5) is 5.69 Å². The number of nitrogens with one attached hydrogen (secondary N) is 3. The fourth-order valence-corrected chi connectivity index (χ4v) is 2.51. The Labute approximate surface area is 156 Å². The summed E-state index contributed by atoms with van der Waals surface area (Å²) in [7, 11) is 0. The van der Waals surface area contributed by atoms with E-state index in [1.807, 2.05) is 6.07 Å². The molecule has 0 aliphatic heterocycles. The number of H-pyrrole nitrogens is 1. The highest BCUT2D eigenvalue weighted by Crippen LogP contribution is 2.13. The van der Waals surface area contributed by atoms with Gasteiger partial charge in [0.1, 0.15) is 5.76 Å². The number of hydrogen-bond donors (Lipinski definition) is 4. The van der Waals surface area contributed by atoms with Crippen molar-refractivity contribution in [2.45, 2.75) is 12.8 Å². The zero-order valence-corrected chi connectivity index (χ0v) is 14.7. The first-order chi connectivity index (χ1) is 13.2. The van der Waals surface area contributed by atoms with Gasteiger partial charge in [-0.2, -0.15) is 5.10 Å². The van der Waals surface area contributed by atoms with Gasteiger partial charge in [-0.25, -0.2) is 0 Å². The number of rotatable bonds is 8. The molecule has 140 valence electrons. The first-order valence-corrected chi connectivity index (χ1v) is 8.62. The smallest absolute Gasteiger partial charge is 0.276 e. The molecule has 0 atom stereocenters. The molecular weight excluding hydrogens is 346 g/mol. The molecule has 0 spiro atoms. The SMILES string of the molecule is NCCCNC(=O)c1cccc(NC(=O)c2cc(Cc3ccco3)[nH]n2)c1. The van der Waals surface area contributed by atoms with E-state index in [0.717, 1.165) is 11.5 Å². The molecular formula is C19H21N5O3. The number of aromatic nitrogens is 2. The van der Waals surface area contributed by atoms with Crippen LogP contribution in [0.15, 0.2) is 53.1 Å². The maximum Gasteiger partial charge on any atom is 0.276 e. The maximum atomic E-state index is 12.4. The molecule has 3 aromatic rings. The highest BCUT2D eigenvalue weighted by Gasteiger charge is 2.13. The molecule has 0 fully saturated rings. The Balaban J connectivity index is 1.61. The summed E-state index contributed by atoms with van der Waals surface area (Å²) in [6.45, 7) is 1.03.